The van der Waals surface area contributed by atoms with Crippen LogP contribution in [0.4, 0.5) is 0 Å². The Balaban J connectivity index is 1.90. The van der Waals surface area contributed by atoms with E-state index in [0.717, 1.165) is 5.75 Å². The first-order chi connectivity index (χ1) is 10.1. The maximum atomic E-state index is 12.3. The lowest BCUT2D eigenvalue weighted by molar-refractivity contribution is -0.138. The molecule has 1 saturated heterocycles. The smallest absolute Gasteiger partial charge is 0.317 e. The van der Waals surface area contributed by atoms with Crippen LogP contribution in [0.3, 0.4) is 0 Å². The molecule has 6 heteroatoms. The average molecular weight is 292 g/mol. The van der Waals surface area contributed by atoms with Crippen LogP contribution in [0.5, 0.6) is 5.75 Å². The Morgan fingerprint density at radius 1 is 1.14 bits per heavy atom. The van der Waals surface area contributed by atoms with Crippen LogP contribution in [-0.4, -0.2) is 66.1 Å². The molecule has 0 unspecified atom stereocenters. The molecular formula is C15H20N2O4. The quantitative estimate of drug-likeness (QED) is 0.874. The van der Waals surface area contributed by atoms with Crippen molar-refractivity contribution < 1.29 is 19.4 Å². The molecule has 0 bridgehead atoms. The van der Waals surface area contributed by atoms with Crippen molar-refractivity contribution in [2.75, 3.05) is 39.3 Å². The van der Waals surface area contributed by atoms with Crippen molar-refractivity contribution in [3.05, 3.63) is 29.8 Å². The van der Waals surface area contributed by atoms with Crippen molar-refractivity contribution in [2.45, 2.75) is 6.92 Å². The second-order valence-corrected chi connectivity index (χ2v) is 4.92. The number of carboxylic acids is 1. The van der Waals surface area contributed by atoms with Crippen molar-refractivity contribution in [3.63, 3.8) is 0 Å². The van der Waals surface area contributed by atoms with Gasteiger partial charge in [0.15, 0.2) is 0 Å². The Morgan fingerprint density at radius 3 is 2.29 bits per heavy atom. The Bertz CT molecular complexity index is 493. The number of amides is 1. The summed E-state index contributed by atoms with van der Waals surface area (Å²) in [4.78, 5) is 26.6. The van der Waals surface area contributed by atoms with E-state index < -0.39 is 5.97 Å². The van der Waals surface area contributed by atoms with Gasteiger partial charge in [-0.3, -0.25) is 14.5 Å². The lowest BCUT2D eigenvalue weighted by atomic mass is 10.1. The lowest BCUT2D eigenvalue weighted by Crippen LogP contribution is -2.49. The Kier molecular flexibility index (Phi) is 5.16. The Labute approximate surface area is 123 Å². The third kappa shape index (κ3) is 4.19. The van der Waals surface area contributed by atoms with Crippen molar-refractivity contribution in [2.24, 2.45) is 0 Å². The molecular weight excluding hydrogens is 272 g/mol. The number of nitrogens with zero attached hydrogens (tertiary/aromatic N) is 2. The number of rotatable bonds is 5. The molecule has 0 spiro atoms. The molecule has 1 heterocycles. The third-order valence-corrected chi connectivity index (χ3v) is 3.43. The molecule has 21 heavy (non-hydrogen) atoms. The summed E-state index contributed by atoms with van der Waals surface area (Å²) in [7, 11) is 0. The van der Waals surface area contributed by atoms with Gasteiger partial charge in [-0.1, -0.05) is 0 Å². The third-order valence-electron chi connectivity index (χ3n) is 3.43. The summed E-state index contributed by atoms with van der Waals surface area (Å²) in [5.41, 5.74) is 0.630. The van der Waals surface area contributed by atoms with E-state index in [2.05, 4.69) is 0 Å². The van der Waals surface area contributed by atoms with Gasteiger partial charge in [0.25, 0.3) is 5.91 Å². The van der Waals surface area contributed by atoms with E-state index in [1.165, 1.54) is 0 Å². The highest BCUT2D eigenvalue weighted by molar-refractivity contribution is 5.94. The van der Waals surface area contributed by atoms with E-state index in [0.29, 0.717) is 38.3 Å². The molecule has 2 rings (SSSR count). The summed E-state index contributed by atoms with van der Waals surface area (Å²) in [6.45, 7) is 4.84. The maximum absolute atomic E-state index is 12.3. The largest absolute Gasteiger partial charge is 0.494 e. The lowest BCUT2D eigenvalue weighted by Gasteiger charge is -2.33. The van der Waals surface area contributed by atoms with E-state index in [-0.39, 0.29) is 12.5 Å². The fraction of sp³-hybridized carbons (Fsp3) is 0.467. The topological polar surface area (TPSA) is 70.1 Å². The molecule has 1 N–H and O–H groups in total. The second-order valence-electron chi connectivity index (χ2n) is 4.92. The predicted molar refractivity (Wildman–Crippen MR) is 77.6 cm³/mol. The highest BCUT2D eigenvalue weighted by Crippen LogP contribution is 2.14. The van der Waals surface area contributed by atoms with Crippen LogP contribution in [0.1, 0.15) is 17.3 Å². The number of hydrogen-bond acceptors (Lipinski definition) is 4. The van der Waals surface area contributed by atoms with E-state index in [1.807, 2.05) is 11.8 Å². The van der Waals surface area contributed by atoms with Gasteiger partial charge in [0, 0.05) is 31.7 Å². The summed E-state index contributed by atoms with van der Waals surface area (Å²) in [6.07, 6.45) is 0. The number of benzene rings is 1. The van der Waals surface area contributed by atoms with Crippen LogP contribution in [-0.2, 0) is 4.79 Å². The van der Waals surface area contributed by atoms with Crippen molar-refractivity contribution >= 4 is 11.9 Å². The van der Waals surface area contributed by atoms with Crippen LogP contribution in [0, 0.1) is 0 Å². The zero-order chi connectivity index (χ0) is 15.2. The normalized spacial score (nSPS) is 15.8. The average Bonchev–Trinajstić information content (AvgIpc) is 2.48. The molecule has 1 aliphatic heterocycles. The number of carbonyl (C=O) groups excluding carboxylic acids is 1. The van der Waals surface area contributed by atoms with Gasteiger partial charge in [0.05, 0.1) is 13.2 Å². The molecule has 6 nitrogen and oxygen atoms in total. The fourth-order valence-electron chi connectivity index (χ4n) is 2.34. The summed E-state index contributed by atoms with van der Waals surface area (Å²) in [5.74, 6) is -0.102. The highest BCUT2D eigenvalue weighted by Gasteiger charge is 2.23. The van der Waals surface area contributed by atoms with Crippen LogP contribution in [0.25, 0.3) is 0 Å². The minimum Gasteiger partial charge on any atom is -0.494 e. The summed E-state index contributed by atoms with van der Waals surface area (Å²) in [6, 6.07) is 7.10. The van der Waals surface area contributed by atoms with Gasteiger partial charge in [-0.25, -0.2) is 0 Å². The van der Waals surface area contributed by atoms with Gasteiger partial charge >= 0.3 is 5.97 Å². The first-order valence-corrected chi connectivity index (χ1v) is 7.06. The molecule has 1 aliphatic rings. The van der Waals surface area contributed by atoms with Crippen LogP contribution in [0.15, 0.2) is 24.3 Å². The predicted octanol–water partition coefficient (Wildman–Crippen LogP) is 0.928. The fourth-order valence-corrected chi connectivity index (χ4v) is 2.34. The molecule has 1 aromatic rings. The molecule has 1 amide bonds. The SMILES string of the molecule is CCOc1ccc(C(=O)N2CCN(CC(=O)O)CC2)cc1. The number of piperazine rings is 1. The highest BCUT2D eigenvalue weighted by atomic mass is 16.5. The number of hydrogen-bond donors (Lipinski definition) is 1. The standard InChI is InChI=1S/C15H20N2O4/c1-2-21-13-5-3-12(4-6-13)15(20)17-9-7-16(8-10-17)11-14(18)19/h3-6H,2,7-11H2,1H3,(H,18,19). The molecule has 1 fully saturated rings. The molecule has 0 aromatic heterocycles. The molecule has 0 radical (unpaired) electrons. The molecule has 0 saturated carbocycles. The molecule has 0 atom stereocenters. The minimum absolute atomic E-state index is 0.0203. The van der Waals surface area contributed by atoms with E-state index >= 15 is 0 Å². The molecule has 114 valence electrons. The molecule has 1 aromatic carbocycles. The van der Waals surface area contributed by atoms with Crippen molar-refractivity contribution in [3.8, 4) is 5.75 Å². The summed E-state index contributed by atoms with van der Waals surface area (Å²) < 4.78 is 5.35. The van der Waals surface area contributed by atoms with E-state index in [4.69, 9.17) is 9.84 Å². The van der Waals surface area contributed by atoms with Crippen LogP contribution < -0.4 is 4.74 Å². The zero-order valence-electron chi connectivity index (χ0n) is 12.1. The van der Waals surface area contributed by atoms with E-state index in [9.17, 15) is 9.59 Å². The minimum atomic E-state index is -0.832. The van der Waals surface area contributed by atoms with Gasteiger partial charge in [0.1, 0.15) is 5.75 Å². The number of carbonyl (C=O) groups is 2. The van der Waals surface area contributed by atoms with Gasteiger partial charge in [0.2, 0.25) is 0 Å². The van der Waals surface area contributed by atoms with Crippen molar-refractivity contribution in [1.82, 2.24) is 9.80 Å². The first-order valence-electron chi connectivity index (χ1n) is 7.06. The maximum Gasteiger partial charge on any atom is 0.317 e. The van der Waals surface area contributed by atoms with Gasteiger partial charge < -0.3 is 14.7 Å². The number of aliphatic carboxylic acids is 1. The van der Waals surface area contributed by atoms with Crippen LogP contribution in [0.2, 0.25) is 0 Å². The van der Waals surface area contributed by atoms with Gasteiger partial charge in [-0.2, -0.15) is 0 Å². The Hall–Kier alpha value is -2.08. The van der Waals surface area contributed by atoms with Crippen molar-refractivity contribution in [1.29, 1.82) is 0 Å². The number of carboxylic acid groups (broad SMARTS) is 1. The summed E-state index contributed by atoms with van der Waals surface area (Å²) >= 11 is 0. The zero-order valence-corrected chi connectivity index (χ0v) is 12.1. The Morgan fingerprint density at radius 2 is 1.76 bits per heavy atom. The second kappa shape index (κ2) is 7.08. The van der Waals surface area contributed by atoms with Gasteiger partial charge in [-0.15, -0.1) is 0 Å². The van der Waals surface area contributed by atoms with Gasteiger partial charge in [-0.05, 0) is 31.2 Å². The molecule has 0 aliphatic carbocycles. The monoisotopic (exact) mass is 292 g/mol. The first kappa shape index (κ1) is 15.3. The van der Waals surface area contributed by atoms with E-state index in [1.54, 1.807) is 29.2 Å². The number of ether oxygens (including phenoxy) is 1. The summed E-state index contributed by atoms with van der Waals surface area (Å²) in [5, 5.41) is 8.75. The van der Waals surface area contributed by atoms with Crippen LogP contribution >= 0.6 is 0 Å².